The number of aromatic nitrogens is 2. The van der Waals surface area contributed by atoms with Crippen molar-refractivity contribution < 1.29 is 8.42 Å². The number of nitrogens with zero attached hydrogens (tertiary/aromatic N) is 3. The molecule has 3 rings (SSSR count). The van der Waals surface area contributed by atoms with Gasteiger partial charge >= 0.3 is 0 Å². The molecule has 0 amide bonds. The summed E-state index contributed by atoms with van der Waals surface area (Å²) in [5.41, 5.74) is 3.53. The molecule has 0 N–H and O–H groups in total. The van der Waals surface area contributed by atoms with Gasteiger partial charge in [-0.2, -0.15) is 9.40 Å². The van der Waals surface area contributed by atoms with E-state index in [1.165, 1.54) is 16.4 Å². The summed E-state index contributed by atoms with van der Waals surface area (Å²) in [6.45, 7) is 4.56. The van der Waals surface area contributed by atoms with Crippen LogP contribution < -0.4 is 0 Å². The molecule has 0 aliphatic carbocycles. The van der Waals surface area contributed by atoms with Crippen LogP contribution >= 0.6 is 23.2 Å². The summed E-state index contributed by atoms with van der Waals surface area (Å²) in [5.74, 6) is 0. The van der Waals surface area contributed by atoms with Crippen molar-refractivity contribution >= 4 is 33.2 Å². The highest BCUT2D eigenvalue weighted by molar-refractivity contribution is 7.89. The van der Waals surface area contributed by atoms with Gasteiger partial charge in [0.25, 0.3) is 0 Å². The number of hydrogen-bond acceptors (Lipinski definition) is 3. The number of hydrogen-bond donors (Lipinski definition) is 0. The molecule has 5 nitrogen and oxygen atoms in total. The largest absolute Gasteiger partial charge is 0.265 e. The third-order valence-electron chi connectivity index (χ3n) is 4.69. The van der Waals surface area contributed by atoms with Crippen molar-refractivity contribution in [1.29, 1.82) is 0 Å². The van der Waals surface area contributed by atoms with Crippen LogP contribution in [-0.4, -0.2) is 29.6 Å². The third-order valence-corrected chi connectivity index (χ3v) is 7.10. The van der Waals surface area contributed by atoms with E-state index in [0.29, 0.717) is 16.6 Å². The summed E-state index contributed by atoms with van der Waals surface area (Å²) in [6.07, 6.45) is 0. The maximum atomic E-state index is 12.9. The van der Waals surface area contributed by atoms with E-state index in [2.05, 4.69) is 5.10 Å². The summed E-state index contributed by atoms with van der Waals surface area (Å²) >= 11 is 12.2. The third kappa shape index (κ3) is 4.25. The zero-order valence-electron chi connectivity index (χ0n) is 15.9. The molecule has 2 aromatic carbocycles. The molecule has 0 radical (unpaired) electrons. The summed E-state index contributed by atoms with van der Waals surface area (Å²) in [7, 11) is -2.10. The van der Waals surface area contributed by atoms with E-state index in [1.807, 2.05) is 42.8 Å². The van der Waals surface area contributed by atoms with E-state index in [1.54, 1.807) is 19.2 Å². The standard InChI is InChI=1S/C20H21Cl2N3O2S/c1-14-19(13-24(3)28(26,27)18-9-6-8-17(21)11-18)15(2)25(23-14)12-16-7-4-5-10-20(16)22/h4-11H,12-13H2,1-3H3. The van der Waals surface area contributed by atoms with Crippen molar-refractivity contribution in [2.75, 3.05) is 7.05 Å². The van der Waals surface area contributed by atoms with Crippen LogP contribution in [0.15, 0.2) is 53.4 Å². The molecule has 0 saturated heterocycles. The van der Waals surface area contributed by atoms with Gasteiger partial charge in [-0.3, -0.25) is 4.68 Å². The fraction of sp³-hybridized carbons (Fsp3) is 0.250. The fourth-order valence-corrected chi connectivity index (χ4v) is 4.66. The number of benzene rings is 2. The lowest BCUT2D eigenvalue weighted by Crippen LogP contribution is -2.27. The van der Waals surface area contributed by atoms with Crippen molar-refractivity contribution in [3.63, 3.8) is 0 Å². The van der Waals surface area contributed by atoms with Gasteiger partial charge in [-0.05, 0) is 43.7 Å². The number of halogens is 2. The molecule has 1 aromatic heterocycles. The van der Waals surface area contributed by atoms with Crippen molar-refractivity contribution in [3.8, 4) is 0 Å². The zero-order chi connectivity index (χ0) is 20.5. The molecule has 28 heavy (non-hydrogen) atoms. The number of sulfonamides is 1. The van der Waals surface area contributed by atoms with Crippen LogP contribution in [0.1, 0.15) is 22.5 Å². The molecule has 0 bridgehead atoms. The van der Waals surface area contributed by atoms with Crippen molar-refractivity contribution in [1.82, 2.24) is 14.1 Å². The van der Waals surface area contributed by atoms with Crippen LogP contribution in [0.25, 0.3) is 0 Å². The second-order valence-electron chi connectivity index (χ2n) is 6.62. The lowest BCUT2D eigenvalue weighted by atomic mass is 10.2. The number of aryl methyl sites for hydroxylation is 1. The van der Waals surface area contributed by atoms with Crippen molar-refractivity contribution in [2.24, 2.45) is 0 Å². The maximum Gasteiger partial charge on any atom is 0.243 e. The van der Waals surface area contributed by atoms with Crippen molar-refractivity contribution in [3.05, 3.63) is 81.1 Å². The molecular formula is C20H21Cl2N3O2S. The fourth-order valence-electron chi connectivity index (χ4n) is 3.02. The first-order valence-electron chi connectivity index (χ1n) is 8.68. The minimum Gasteiger partial charge on any atom is -0.265 e. The smallest absolute Gasteiger partial charge is 0.243 e. The van der Waals surface area contributed by atoms with Gasteiger partial charge in [0, 0.05) is 34.9 Å². The van der Waals surface area contributed by atoms with E-state index < -0.39 is 10.0 Å². The van der Waals surface area contributed by atoms with E-state index in [-0.39, 0.29) is 11.4 Å². The predicted octanol–water partition coefficient (Wildman–Crippen LogP) is 4.68. The van der Waals surface area contributed by atoms with Gasteiger partial charge in [-0.15, -0.1) is 0 Å². The highest BCUT2D eigenvalue weighted by Crippen LogP contribution is 2.24. The predicted molar refractivity (Wildman–Crippen MR) is 112 cm³/mol. The van der Waals surface area contributed by atoms with Crippen LogP contribution in [0.2, 0.25) is 10.0 Å². The van der Waals surface area contributed by atoms with Gasteiger partial charge < -0.3 is 0 Å². The summed E-state index contributed by atoms with van der Waals surface area (Å²) < 4.78 is 28.9. The Hall–Kier alpha value is -1.86. The van der Waals surface area contributed by atoms with Gasteiger partial charge in [0.15, 0.2) is 0 Å². The minimum absolute atomic E-state index is 0.168. The van der Waals surface area contributed by atoms with Gasteiger partial charge in [-0.1, -0.05) is 47.5 Å². The normalized spacial score (nSPS) is 11.9. The summed E-state index contributed by atoms with van der Waals surface area (Å²) in [6, 6.07) is 13.9. The Labute approximate surface area is 175 Å². The Morgan fingerprint density at radius 2 is 1.79 bits per heavy atom. The summed E-state index contributed by atoms with van der Waals surface area (Å²) in [4.78, 5) is 0.168. The molecule has 0 aliphatic rings. The van der Waals surface area contributed by atoms with E-state index in [4.69, 9.17) is 23.2 Å². The lowest BCUT2D eigenvalue weighted by molar-refractivity contribution is 0.465. The molecule has 1 heterocycles. The molecular weight excluding hydrogens is 417 g/mol. The lowest BCUT2D eigenvalue weighted by Gasteiger charge is -2.18. The molecule has 8 heteroatoms. The quantitative estimate of drug-likeness (QED) is 0.562. The minimum atomic E-state index is -3.66. The van der Waals surface area contributed by atoms with Gasteiger partial charge in [0.1, 0.15) is 0 Å². The monoisotopic (exact) mass is 437 g/mol. The average Bonchev–Trinajstić information content (AvgIpc) is 2.91. The van der Waals surface area contributed by atoms with Gasteiger partial charge in [0.05, 0.1) is 17.1 Å². The molecule has 0 atom stereocenters. The van der Waals surface area contributed by atoms with E-state index in [9.17, 15) is 8.42 Å². The second-order valence-corrected chi connectivity index (χ2v) is 9.51. The molecule has 0 unspecified atom stereocenters. The molecule has 0 aliphatic heterocycles. The SMILES string of the molecule is Cc1nn(Cc2ccccc2Cl)c(C)c1CN(C)S(=O)(=O)c1cccc(Cl)c1. The Morgan fingerprint density at radius 1 is 1.07 bits per heavy atom. The van der Waals surface area contributed by atoms with E-state index >= 15 is 0 Å². The Kier molecular flexibility index (Phi) is 6.15. The molecule has 0 spiro atoms. The Morgan fingerprint density at radius 3 is 2.46 bits per heavy atom. The molecule has 148 valence electrons. The first-order valence-corrected chi connectivity index (χ1v) is 10.9. The molecule has 3 aromatic rings. The Bertz CT molecular complexity index is 1110. The van der Waals surface area contributed by atoms with Crippen LogP contribution in [0, 0.1) is 13.8 Å². The highest BCUT2D eigenvalue weighted by atomic mass is 35.5. The average molecular weight is 438 g/mol. The first-order chi connectivity index (χ1) is 13.2. The highest BCUT2D eigenvalue weighted by Gasteiger charge is 2.24. The second kappa shape index (κ2) is 8.25. The van der Waals surface area contributed by atoms with E-state index in [0.717, 1.165) is 22.5 Å². The summed E-state index contributed by atoms with van der Waals surface area (Å²) in [5, 5.41) is 5.65. The zero-order valence-corrected chi connectivity index (χ0v) is 18.2. The maximum absolute atomic E-state index is 12.9. The van der Waals surface area contributed by atoms with Gasteiger partial charge in [-0.25, -0.2) is 8.42 Å². The van der Waals surface area contributed by atoms with Gasteiger partial charge in [0.2, 0.25) is 10.0 Å². The topological polar surface area (TPSA) is 55.2 Å². The van der Waals surface area contributed by atoms with Crippen LogP contribution in [0.5, 0.6) is 0 Å². The molecule has 0 fully saturated rings. The first kappa shape index (κ1) is 20.9. The number of rotatable bonds is 6. The van der Waals surface area contributed by atoms with Crippen molar-refractivity contribution in [2.45, 2.75) is 31.8 Å². The Balaban J connectivity index is 1.87. The molecule has 0 saturated carbocycles. The van der Waals surface area contributed by atoms with Crippen LogP contribution in [-0.2, 0) is 23.1 Å². The van der Waals surface area contributed by atoms with Crippen LogP contribution in [0.3, 0.4) is 0 Å². The van der Waals surface area contributed by atoms with Crippen LogP contribution in [0.4, 0.5) is 0 Å².